The van der Waals surface area contributed by atoms with Crippen molar-refractivity contribution < 1.29 is 24.2 Å². The summed E-state index contributed by atoms with van der Waals surface area (Å²) in [6.07, 6.45) is 8.42. The number of aliphatic hydroxyl groups is 1. The Morgan fingerprint density at radius 2 is 1.97 bits per heavy atom. The molecule has 2 aliphatic rings. The first-order valence-electron chi connectivity index (χ1n) is 11.6. The molecular formula is C25H34N2O5. The molecule has 7 heteroatoms. The van der Waals surface area contributed by atoms with Gasteiger partial charge in [-0.1, -0.05) is 42.5 Å². The van der Waals surface area contributed by atoms with E-state index < -0.39 is 5.92 Å². The van der Waals surface area contributed by atoms with Gasteiger partial charge in [0, 0.05) is 19.4 Å². The molecule has 1 saturated heterocycles. The minimum absolute atomic E-state index is 0.0486. The number of allylic oxidation sites excluding steroid dienone is 2. The second-order valence-electron chi connectivity index (χ2n) is 8.64. The van der Waals surface area contributed by atoms with Gasteiger partial charge < -0.3 is 20.1 Å². The van der Waals surface area contributed by atoms with Crippen molar-refractivity contribution in [1.29, 1.82) is 0 Å². The largest absolute Gasteiger partial charge is 0.463 e. The summed E-state index contributed by atoms with van der Waals surface area (Å²) in [5.74, 6) is -1.07. The third-order valence-corrected chi connectivity index (χ3v) is 6.16. The maximum Gasteiger partial charge on any atom is 0.305 e. The molecule has 0 aromatic heterocycles. The highest BCUT2D eigenvalue weighted by molar-refractivity contribution is 5.86. The Morgan fingerprint density at radius 3 is 2.75 bits per heavy atom. The number of carbonyl (C=O) groups is 3. The molecule has 3 rings (SSSR count). The lowest BCUT2D eigenvalue weighted by molar-refractivity contribution is -0.145. The van der Waals surface area contributed by atoms with Crippen LogP contribution in [0.1, 0.15) is 50.5 Å². The number of benzene rings is 1. The molecular weight excluding hydrogens is 408 g/mol. The fourth-order valence-electron chi connectivity index (χ4n) is 4.34. The van der Waals surface area contributed by atoms with Crippen LogP contribution in [-0.4, -0.2) is 59.6 Å². The quantitative estimate of drug-likeness (QED) is 0.539. The van der Waals surface area contributed by atoms with Crippen LogP contribution in [0.2, 0.25) is 0 Å². The monoisotopic (exact) mass is 442 g/mol. The second-order valence-corrected chi connectivity index (χ2v) is 8.64. The summed E-state index contributed by atoms with van der Waals surface area (Å²) in [6, 6.07) is 9.22. The summed E-state index contributed by atoms with van der Waals surface area (Å²) in [6.45, 7) is 0.681. The van der Waals surface area contributed by atoms with Crippen molar-refractivity contribution in [2.45, 2.75) is 63.5 Å². The molecule has 2 heterocycles. The van der Waals surface area contributed by atoms with Gasteiger partial charge in [-0.15, -0.1) is 0 Å². The fraction of sp³-hybridized carbons (Fsp3) is 0.560. The summed E-state index contributed by atoms with van der Waals surface area (Å²) in [5, 5.41) is 12.6. The van der Waals surface area contributed by atoms with Gasteiger partial charge in [-0.2, -0.15) is 0 Å². The smallest absolute Gasteiger partial charge is 0.305 e. The van der Waals surface area contributed by atoms with Crippen LogP contribution in [-0.2, 0) is 25.5 Å². The zero-order valence-corrected chi connectivity index (χ0v) is 18.6. The van der Waals surface area contributed by atoms with Gasteiger partial charge in [-0.25, -0.2) is 0 Å². The number of hydrogen-bond donors (Lipinski definition) is 2. The van der Waals surface area contributed by atoms with Crippen LogP contribution in [0.15, 0.2) is 42.5 Å². The first kappa shape index (κ1) is 24.0. The number of nitrogens with zero attached hydrogens (tertiary/aromatic N) is 1. The van der Waals surface area contributed by atoms with Crippen LogP contribution >= 0.6 is 0 Å². The molecule has 0 radical (unpaired) electrons. The molecule has 1 fully saturated rings. The summed E-state index contributed by atoms with van der Waals surface area (Å²) >= 11 is 0. The third-order valence-electron chi connectivity index (χ3n) is 6.16. The van der Waals surface area contributed by atoms with Crippen molar-refractivity contribution in [2.24, 2.45) is 5.92 Å². The summed E-state index contributed by atoms with van der Waals surface area (Å²) in [4.78, 5) is 39.9. The van der Waals surface area contributed by atoms with Crippen LogP contribution in [0, 0.1) is 5.92 Å². The van der Waals surface area contributed by atoms with E-state index in [1.165, 1.54) is 0 Å². The van der Waals surface area contributed by atoms with E-state index in [0.29, 0.717) is 32.2 Å². The average Bonchev–Trinajstić information content (AvgIpc) is 3.28. The second kappa shape index (κ2) is 12.4. The van der Waals surface area contributed by atoms with Crippen molar-refractivity contribution in [3.63, 3.8) is 0 Å². The van der Waals surface area contributed by atoms with Crippen LogP contribution in [0.25, 0.3) is 0 Å². The standard InChI is InChI=1S/C25H34N2O5/c28-17-22-12-8-14-27(22)23(29)16-20-11-6-1-2-7-13-24(30)32-18-21(26-25(20)31)15-19-9-4-3-5-10-19/h1,3-6,9-10,20-22,28H,2,7-8,11-18H2,(H,26,31)/t20-,21+,22+/m1/s1. The van der Waals surface area contributed by atoms with E-state index in [9.17, 15) is 19.5 Å². The van der Waals surface area contributed by atoms with Crippen LogP contribution in [0.5, 0.6) is 0 Å². The van der Waals surface area contributed by atoms with Crippen molar-refractivity contribution in [3.8, 4) is 0 Å². The molecule has 7 nitrogen and oxygen atoms in total. The number of amides is 2. The third kappa shape index (κ3) is 7.19. The van der Waals surface area contributed by atoms with E-state index in [2.05, 4.69) is 5.32 Å². The molecule has 0 aliphatic carbocycles. The molecule has 0 unspecified atom stereocenters. The predicted octanol–water partition coefficient (Wildman–Crippen LogP) is 2.38. The van der Waals surface area contributed by atoms with Crippen LogP contribution < -0.4 is 5.32 Å². The maximum atomic E-state index is 13.2. The molecule has 3 atom stereocenters. The summed E-state index contributed by atoms with van der Waals surface area (Å²) in [7, 11) is 0. The lowest BCUT2D eigenvalue weighted by atomic mass is 9.97. The molecule has 2 amide bonds. The first-order chi connectivity index (χ1) is 15.6. The topological polar surface area (TPSA) is 95.9 Å². The van der Waals surface area contributed by atoms with E-state index in [-0.39, 0.29) is 49.5 Å². The normalized spacial score (nSPS) is 25.3. The number of esters is 1. The van der Waals surface area contributed by atoms with Gasteiger partial charge in [0.2, 0.25) is 11.8 Å². The van der Waals surface area contributed by atoms with E-state index in [4.69, 9.17) is 4.74 Å². The SMILES string of the molecule is O=C1CCCC=CC[C@H](CC(=O)N2CCC[C@H]2CO)C(=O)N[C@@H](Cc2ccccc2)CO1. The summed E-state index contributed by atoms with van der Waals surface area (Å²) in [5.41, 5.74) is 1.04. The molecule has 0 saturated carbocycles. The number of ether oxygens (including phenoxy) is 1. The Kier molecular flexibility index (Phi) is 9.28. The molecule has 0 spiro atoms. The number of carbonyl (C=O) groups excluding carboxylic acids is 3. The molecule has 2 N–H and O–H groups in total. The highest BCUT2D eigenvalue weighted by atomic mass is 16.5. The molecule has 2 aliphatic heterocycles. The molecule has 174 valence electrons. The van der Waals surface area contributed by atoms with Crippen molar-refractivity contribution in [3.05, 3.63) is 48.0 Å². The Hall–Kier alpha value is -2.67. The van der Waals surface area contributed by atoms with Crippen molar-refractivity contribution >= 4 is 17.8 Å². The van der Waals surface area contributed by atoms with Crippen LogP contribution in [0.3, 0.4) is 0 Å². The van der Waals surface area contributed by atoms with E-state index >= 15 is 0 Å². The summed E-state index contributed by atoms with van der Waals surface area (Å²) < 4.78 is 5.43. The molecule has 0 bridgehead atoms. The van der Waals surface area contributed by atoms with Gasteiger partial charge in [0.25, 0.3) is 0 Å². The number of nitrogens with one attached hydrogen (secondary N) is 1. The maximum absolute atomic E-state index is 13.2. The molecule has 32 heavy (non-hydrogen) atoms. The van der Waals surface area contributed by atoms with Gasteiger partial charge in [-0.3, -0.25) is 14.4 Å². The van der Waals surface area contributed by atoms with Gasteiger partial charge in [-0.05, 0) is 44.1 Å². The Morgan fingerprint density at radius 1 is 1.16 bits per heavy atom. The van der Waals surface area contributed by atoms with Gasteiger partial charge >= 0.3 is 5.97 Å². The van der Waals surface area contributed by atoms with Gasteiger partial charge in [0.15, 0.2) is 0 Å². The van der Waals surface area contributed by atoms with Crippen LogP contribution in [0.4, 0.5) is 0 Å². The molecule has 1 aromatic rings. The minimum Gasteiger partial charge on any atom is -0.463 e. The zero-order chi connectivity index (χ0) is 22.8. The fourth-order valence-corrected chi connectivity index (χ4v) is 4.34. The van der Waals surface area contributed by atoms with Crippen molar-refractivity contribution in [1.82, 2.24) is 10.2 Å². The minimum atomic E-state index is -0.506. The lowest BCUT2D eigenvalue weighted by Gasteiger charge is -2.26. The van der Waals surface area contributed by atoms with E-state index in [1.54, 1.807) is 4.90 Å². The van der Waals surface area contributed by atoms with E-state index in [0.717, 1.165) is 24.8 Å². The Labute approximate surface area is 189 Å². The van der Waals surface area contributed by atoms with Gasteiger partial charge in [0.05, 0.1) is 24.6 Å². The predicted molar refractivity (Wildman–Crippen MR) is 121 cm³/mol. The Balaban J connectivity index is 1.72. The number of aliphatic hydroxyl groups excluding tert-OH is 1. The average molecular weight is 443 g/mol. The molecule has 1 aromatic carbocycles. The number of rotatable bonds is 5. The Bertz CT molecular complexity index is 795. The number of hydrogen-bond acceptors (Lipinski definition) is 5. The number of likely N-dealkylation sites (tertiary alicyclic amines) is 1. The van der Waals surface area contributed by atoms with Crippen molar-refractivity contribution in [2.75, 3.05) is 19.8 Å². The lowest BCUT2D eigenvalue weighted by Crippen LogP contribution is -2.45. The van der Waals surface area contributed by atoms with E-state index in [1.807, 2.05) is 42.5 Å². The number of cyclic esters (lactones) is 1. The van der Waals surface area contributed by atoms with Gasteiger partial charge in [0.1, 0.15) is 6.61 Å². The zero-order valence-electron chi connectivity index (χ0n) is 18.6. The highest BCUT2D eigenvalue weighted by Gasteiger charge is 2.31. The first-order valence-corrected chi connectivity index (χ1v) is 11.6. The highest BCUT2D eigenvalue weighted by Crippen LogP contribution is 2.21.